The number of alkyl halides is 1. The fourth-order valence-corrected chi connectivity index (χ4v) is 4.91. The van der Waals surface area contributed by atoms with Crippen LogP contribution in [0.3, 0.4) is 0 Å². The molecule has 2 aromatic carbocycles. The number of hydrogen-bond acceptors (Lipinski definition) is 3. The minimum absolute atomic E-state index is 0.137. The van der Waals surface area contributed by atoms with Crippen LogP contribution in [-0.4, -0.2) is 17.1 Å². The predicted octanol–water partition coefficient (Wildman–Crippen LogP) is 5.40. The third-order valence-corrected chi connectivity index (χ3v) is 6.78. The van der Waals surface area contributed by atoms with Gasteiger partial charge in [-0.1, -0.05) is 53.5 Å². The molecule has 1 aliphatic rings. The molecule has 0 spiro atoms. The maximum absolute atomic E-state index is 14.8. The van der Waals surface area contributed by atoms with Crippen LogP contribution in [0.1, 0.15) is 60.3 Å². The van der Waals surface area contributed by atoms with Gasteiger partial charge in [0.15, 0.2) is 0 Å². The van der Waals surface area contributed by atoms with Gasteiger partial charge in [-0.3, -0.25) is 9.59 Å². The van der Waals surface area contributed by atoms with Crippen LogP contribution in [0.15, 0.2) is 47.3 Å². The Hall–Kier alpha value is -2.74. The number of carbonyl (C=O) groups is 1. The van der Waals surface area contributed by atoms with E-state index in [1.807, 2.05) is 6.92 Å². The molecule has 1 aromatic heterocycles. The number of nitrogens with one attached hydrogen (secondary N) is 2. The molecule has 4 rings (SSSR count). The first-order valence-electron chi connectivity index (χ1n) is 11.2. The summed E-state index contributed by atoms with van der Waals surface area (Å²) in [5.41, 5.74) is 3.81. The zero-order valence-corrected chi connectivity index (χ0v) is 19.9. The lowest BCUT2D eigenvalue weighted by atomic mass is 9.77. The molecular weight excluding hydrogens is 492 g/mol. The lowest BCUT2D eigenvalue weighted by molar-refractivity contribution is 0.0900. The third-order valence-electron chi connectivity index (χ3n) is 6.25. The van der Waals surface area contributed by atoms with Crippen LogP contribution in [0.25, 0.3) is 10.8 Å². The van der Waals surface area contributed by atoms with Crippen molar-refractivity contribution in [2.24, 2.45) is 5.92 Å². The molecule has 5 nitrogen and oxygen atoms in total. The van der Waals surface area contributed by atoms with E-state index in [0.29, 0.717) is 17.8 Å². The maximum atomic E-state index is 14.8. The summed E-state index contributed by atoms with van der Waals surface area (Å²) in [5, 5.41) is 3.41. The van der Waals surface area contributed by atoms with Crippen molar-refractivity contribution in [3.05, 3.63) is 81.3 Å². The number of halogens is 3. The van der Waals surface area contributed by atoms with Gasteiger partial charge in [0.1, 0.15) is 11.6 Å². The molecule has 2 N–H and O–H groups in total. The Morgan fingerprint density at radius 3 is 2.61 bits per heavy atom. The average molecular weight is 518 g/mol. The Morgan fingerprint density at radius 2 is 1.97 bits per heavy atom. The lowest BCUT2D eigenvalue weighted by Gasteiger charge is -2.35. The number of fused-ring (bicyclic) bond motifs is 1. The van der Waals surface area contributed by atoms with Crippen LogP contribution in [-0.2, 0) is 5.33 Å². The van der Waals surface area contributed by atoms with Gasteiger partial charge < -0.3 is 10.7 Å². The molecule has 0 radical (unpaired) electrons. The van der Waals surface area contributed by atoms with Gasteiger partial charge in [-0.15, -0.1) is 0 Å². The van der Waals surface area contributed by atoms with Gasteiger partial charge in [-0.2, -0.15) is 0 Å². The molecule has 1 heterocycles. The van der Waals surface area contributed by atoms with E-state index < -0.39 is 17.3 Å². The number of pyridine rings is 1. The number of carbonyl (C=O) groups excluding carboxylic acids is 1. The second kappa shape index (κ2) is 10.0. The van der Waals surface area contributed by atoms with Gasteiger partial charge in [0.25, 0.3) is 11.5 Å². The highest BCUT2D eigenvalue weighted by Gasteiger charge is 2.32. The largest absolute Gasteiger partial charge is 0.345 e. The molecule has 0 aliphatic heterocycles. The van der Waals surface area contributed by atoms with E-state index in [1.54, 1.807) is 18.2 Å². The van der Waals surface area contributed by atoms with E-state index >= 15 is 0 Å². The summed E-state index contributed by atoms with van der Waals surface area (Å²) in [6.07, 6.45) is 3.66. The van der Waals surface area contributed by atoms with Crippen molar-refractivity contribution in [3.8, 4) is 0 Å². The van der Waals surface area contributed by atoms with Crippen LogP contribution in [0.5, 0.6) is 0 Å². The van der Waals surface area contributed by atoms with Crippen LogP contribution in [0.4, 0.5) is 8.78 Å². The van der Waals surface area contributed by atoms with Gasteiger partial charge in [0.2, 0.25) is 0 Å². The molecule has 174 valence electrons. The molecule has 1 fully saturated rings. The van der Waals surface area contributed by atoms with Crippen LogP contribution < -0.4 is 16.3 Å². The Bertz CT molecular complexity index is 1240. The van der Waals surface area contributed by atoms with Crippen LogP contribution >= 0.6 is 15.9 Å². The van der Waals surface area contributed by atoms with Crippen molar-refractivity contribution in [1.29, 1.82) is 0 Å². The quantitative estimate of drug-likeness (QED) is 0.393. The van der Waals surface area contributed by atoms with Crippen molar-refractivity contribution in [3.63, 3.8) is 0 Å². The molecular formula is C25H26BrF2N3O2. The second-order valence-corrected chi connectivity index (χ2v) is 8.92. The molecule has 3 aromatic rings. The first-order chi connectivity index (χ1) is 16.0. The van der Waals surface area contributed by atoms with Crippen molar-refractivity contribution in [2.45, 2.75) is 44.0 Å². The summed E-state index contributed by atoms with van der Waals surface area (Å²) in [5.74, 6) is -1.28. The second-order valence-electron chi connectivity index (χ2n) is 8.36. The predicted molar refractivity (Wildman–Crippen MR) is 129 cm³/mol. The molecule has 1 aliphatic carbocycles. The minimum Gasteiger partial charge on any atom is -0.345 e. The van der Waals surface area contributed by atoms with Crippen molar-refractivity contribution in [2.75, 3.05) is 12.0 Å². The number of amides is 1. The molecule has 8 heteroatoms. The van der Waals surface area contributed by atoms with Crippen LogP contribution in [0.2, 0.25) is 0 Å². The number of nitrogens with zero attached hydrogens (tertiary/aromatic N) is 1. The molecule has 0 saturated heterocycles. The summed E-state index contributed by atoms with van der Waals surface area (Å²) < 4.78 is 30.0. The summed E-state index contributed by atoms with van der Waals surface area (Å²) in [7, 11) is 0. The van der Waals surface area contributed by atoms with E-state index in [4.69, 9.17) is 0 Å². The van der Waals surface area contributed by atoms with E-state index in [1.165, 1.54) is 28.9 Å². The summed E-state index contributed by atoms with van der Waals surface area (Å²) >= 11 is 3.41. The highest BCUT2D eigenvalue weighted by atomic mass is 79.9. The third kappa shape index (κ3) is 4.53. The number of benzene rings is 2. The average Bonchev–Trinajstić information content (AvgIpc) is 2.76. The normalized spacial score (nSPS) is 14.7. The van der Waals surface area contributed by atoms with E-state index in [0.717, 1.165) is 25.7 Å². The summed E-state index contributed by atoms with van der Waals surface area (Å²) in [4.78, 5) is 26.8. The topological polar surface area (TPSA) is 63.1 Å². The zero-order chi connectivity index (χ0) is 23.5. The fraction of sp³-hybridized carbons (Fsp3) is 0.360. The van der Waals surface area contributed by atoms with Gasteiger partial charge >= 0.3 is 0 Å². The Morgan fingerprint density at radius 1 is 1.21 bits per heavy atom. The summed E-state index contributed by atoms with van der Waals surface area (Å²) in [6, 6.07) is 10.2. The van der Waals surface area contributed by atoms with Gasteiger partial charge in [0, 0.05) is 17.3 Å². The van der Waals surface area contributed by atoms with Gasteiger partial charge in [-0.25, -0.2) is 13.5 Å². The summed E-state index contributed by atoms with van der Waals surface area (Å²) in [6.45, 7) is 2.43. The maximum Gasteiger partial charge on any atom is 0.279 e. The highest BCUT2D eigenvalue weighted by molar-refractivity contribution is 9.08. The smallest absolute Gasteiger partial charge is 0.279 e. The molecule has 1 atom stereocenters. The first kappa shape index (κ1) is 23.4. The fourth-order valence-electron chi connectivity index (χ4n) is 4.38. The van der Waals surface area contributed by atoms with Crippen molar-refractivity contribution < 1.29 is 13.6 Å². The Labute approximate surface area is 199 Å². The van der Waals surface area contributed by atoms with Gasteiger partial charge in [-0.05, 0) is 48.9 Å². The molecule has 1 saturated carbocycles. The number of hydrogen-bond donors (Lipinski definition) is 2. The number of aromatic nitrogens is 1. The molecule has 0 unspecified atom stereocenters. The van der Waals surface area contributed by atoms with Crippen LogP contribution in [0, 0.1) is 17.6 Å². The monoisotopic (exact) mass is 517 g/mol. The molecule has 33 heavy (non-hydrogen) atoms. The van der Waals surface area contributed by atoms with E-state index in [9.17, 15) is 18.4 Å². The van der Waals surface area contributed by atoms with Crippen molar-refractivity contribution in [1.82, 2.24) is 9.99 Å². The highest BCUT2D eigenvalue weighted by Crippen LogP contribution is 2.38. The first-order valence-corrected chi connectivity index (χ1v) is 12.3. The SMILES string of the molecule is CCCNn1c(CBr)c(C(=O)N[C@H](c2cccc(F)c2)C2CCC2)c2cccc(F)c2c1=O. The molecule has 1 amide bonds. The lowest BCUT2D eigenvalue weighted by Crippen LogP contribution is -2.39. The number of rotatable bonds is 8. The Kier molecular flexibility index (Phi) is 7.12. The van der Waals surface area contributed by atoms with E-state index in [-0.39, 0.29) is 39.4 Å². The Balaban J connectivity index is 1.85. The standard InChI is InChI=1S/C25H26BrF2N3O2/c1-2-12-29-31-20(14-26)22(18-10-5-11-19(28)21(18)25(31)33)24(32)30-23(15-6-3-7-15)16-8-4-9-17(27)13-16/h4-5,8-11,13,15,23,29H,2-3,6-7,12,14H2,1H3,(H,30,32)/t23-/m0/s1. The van der Waals surface area contributed by atoms with E-state index in [2.05, 4.69) is 26.7 Å². The van der Waals surface area contributed by atoms with Gasteiger partial charge in [0.05, 0.1) is 22.7 Å². The molecule has 0 bridgehead atoms. The van der Waals surface area contributed by atoms with Crippen molar-refractivity contribution >= 4 is 32.6 Å². The minimum atomic E-state index is -0.680. The zero-order valence-electron chi connectivity index (χ0n) is 18.3.